The average molecular weight is 270 g/mol. The zero-order chi connectivity index (χ0) is 11.0. The van der Waals surface area contributed by atoms with E-state index in [-0.39, 0.29) is 10.0 Å². The van der Waals surface area contributed by atoms with Crippen molar-refractivity contribution < 1.29 is 14.3 Å². The predicted octanol–water partition coefficient (Wildman–Crippen LogP) is 2.83. The van der Waals surface area contributed by atoms with Crippen LogP contribution in [0.2, 0.25) is 0 Å². The lowest BCUT2D eigenvalue weighted by atomic mass is 10.1. The molecule has 76 valence electrons. The molecule has 0 amide bonds. The number of carboxylic acid groups (broad SMARTS) is 1. The lowest BCUT2D eigenvalue weighted by Crippen LogP contribution is -1.98. The van der Waals surface area contributed by atoms with Gasteiger partial charge in [-0.15, -0.1) is 0 Å². The van der Waals surface area contributed by atoms with E-state index in [0.717, 1.165) is 0 Å². The van der Waals surface area contributed by atoms with Gasteiger partial charge in [0, 0.05) is 11.6 Å². The van der Waals surface area contributed by atoms with Crippen LogP contribution < -0.4 is 0 Å². The van der Waals surface area contributed by atoms with E-state index in [4.69, 9.17) is 5.11 Å². The number of halogens is 2. The Hall–Kier alpha value is -1.49. The minimum atomic E-state index is -1.05. The molecule has 15 heavy (non-hydrogen) atoms. The molecule has 0 saturated carbocycles. The van der Waals surface area contributed by atoms with Crippen LogP contribution in [0.3, 0.4) is 0 Å². The molecule has 2 rings (SSSR count). The first-order valence-electron chi connectivity index (χ1n) is 4.07. The normalized spacial score (nSPS) is 10.5. The number of carbonyl (C=O) groups is 1. The molecule has 2 aromatic rings. The molecule has 0 aliphatic rings. The molecule has 0 spiro atoms. The van der Waals surface area contributed by atoms with Gasteiger partial charge < -0.3 is 5.11 Å². The van der Waals surface area contributed by atoms with Gasteiger partial charge in [-0.1, -0.05) is 0 Å². The van der Waals surface area contributed by atoms with Crippen molar-refractivity contribution in [3.05, 3.63) is 40.2 Å². The maximum Gasteiger partial charge on any atom is 0.336 e. The molecule has 0 unspecified atom stereocenters. The number of hydrogen-bond donors (Lipinski definition) is 1. The highest BCUT2D eigenvalue weighted by molar-refractivity contribution is 9.10. The summed E-state index contributed by atoms with van der Waals surface area (Å²) < 4.78 is 13.3. The van der Waals surface area contributed by atoms with Gasteiger partial charge in [-0.3, -0.25) is 4.98 Å². The Bertz CT molecular complexity index is 556. The molecule has 1 aromatic heterocycles. The van der Waals surface area contributed by atoms with Crippen LogP contribution in [0.5, 0.6) is 0 Å². The van der Waals surface area contributed by atoms with Crippen LogP contribution in [-0.4, -0.2) is 16.1 Å². The third-order valence-corrected chi connectivity index (χ3v) is 2.79. The van der Waals surface area contributed by atoms with Crippen molar-refractivity contribution in [1.29, 1.82) is 0 Å². The molecule has 0 atom stereocenters. The van der Waals surface area contributed by atoms with Crippen molar-refractivity contribution in [1.82, 2.24) is 4.98 Å². The monoisotopic (exact) mass is 269 g/mol. The SMILES string of the molecule is O=C(O)c1ccnc2c(Br)c(F)ccc12. The first-order valence-corrected chi connectivity index (χ1v) is 4.86. The van der Waals surface area contributed by atoms with Crippen LogP contribution in [0, 0.1) is 5.82 Å². The van der Waals surface area contributed by atoms with Gasteiger partial charge in [0.05, 0.1) is 15.6 Å². The zero-order valence-electron chi connectivity index (χ0n) is 7.37. The Morgan fingerprint density at radius 3 is 2.80 bits per heavy atom. The molecule has 0 aliphatic carbocycles. The number of fused-ring (bicyclic) bond motifs is 1. The number of benzene rings is 1. The third-order valence-electron chi connectivity index (χ3n) is 2.03. The summed E-state index contributed by atoms with van der Waals surface area (Å²) in [7, 11) is 0. The molecule has 5 heteroatoms. The summed E-state index contributed by atoms with van der Waals surface area (Å²) in [6.45, 7) is 0. The molecule has 0 aliphatic heterocycles. The van der Waals surface area contributed by atoms with Crippen LogP contribution in [0.4, 0.5) is 4.39 Å². The van der Waals surface area contributed by atoms with Crippen molar-refractivity contribution in [2.45, 2.75) is 0 Å². The fraction of sp³-hybridized carbons (Fsp3) is 0. The lowest BCUT2D eigenvalue weighted by molar-refractivity contribution is 0.0699. The van der Waals surface area contributed by atoms with Crippen LogP contribution in [0.1, 0.15) is 10.4 Å². The molecule has 3 nitrogen and oxygen atoms in total. The topological polar surface area (TPSA) is 50.2 Å². The molecule has 1 N–H and O–H groups in total. The minimum absolute atomic E-state index is 0.112. The Morgan fingerprint density at radius 2 is 2.13 bits per heavy atom. The van der Waals surface area contributed by atoms with Crippen LogP contribution in [0.25, 0.3) is 10.9 Å². The number of carboxylic acids is 1. The second-order valence-corrected chi connectivity index (χ2v) is 3.71. The standard InChI is InChI=1S/C10H5BrFNO2/c11-8-7(12)2-1-5-6(10(14)15)3-4-13-9(5)8/h1-4H,(H,14,15). The highest BCUT2D eigenvalue weighted by atomic mass is 79.9. The highest BCUT2D eigenvalue weighted by Gasteiger charge is 2.12. The largest absolute Gasteiger partial charge is 0.478 e. The van der Waals surface area contributed by atoms with E-state index in [1.165, 1.54) is 24.4 Å². The molecule has 0 fully saturated rings. The molecule has 0 radical (unpaired) electrons. The van der Waals surface area contributed by atoms with Crippen molar-refractivity contribution in [2.24, 2.45) is 0 Å². The van der Waals surface area contributed by atoms with Gasteiger partial charge in [0.1, 0.15) is 5.82 Å². The summed E-state index contributed by atoms with van der Waals surface area (Å²) >= 11 is 3.03. The Morgan fingerprint density at radius 1 is 1.40 bits per heavy atom. The Kier molecular flexibility index (Phi) is 2.40. The first-order chi connectivity index (χ1) is 7.11. The van der Waals surface area contributed by atoms with Crippen LogP contribution in [0.15, 0.2) is 28.9 Å². The Labute approximate surface area is 92.7 Å². The number of hydrogen-bond acceptors (Lipinski definition) is 2. The van der Waals surface area contributed by atoms with Gasteiger partial charge >= 0.3 is 5.97 Å². The zero-order valence-corrected chi connectivity index (χ0v) is 8.95. The summed E-state index contributed by atoms with van der Waals surface area (Å²) in [6.07, 6.45) is 1.34. The quantitative estimate of drug-likeness (QED) is 0.866. The molecule has 0 saturated heterocycles. The van der Waals surface area contributed by atoms with Crippen LogP contribution in [-0.2, 0) is 0 Å². The number of aromatic nitrogens is 1. The van der Waals surface area contributed by atoms with Gasteiger partial charge in [0.25, 0.3) is 0 Å². The van der Waals surface area contributed by atoms with Gasteiger partial charge in [0.2, 0.25) is 0 Å². The fourth-order valence-electron chi connectivity index (χ4n) is 1.35. The smallest absolute Gasteiger partial charge is 0.336 e. The summed E-state index contributed by atoms with van der Waals surface area (Å²) in [5.41, 5.74) is 0.426. The fourth-order valence-corrected chi connectivity index (χ4v) is 1.79. The summed E-state index contributed by atoms with van der Waals surface area (Å²) in [5.74, 6) is -1.52. The van der Waals surface area contributed by atoms with Crippen molar-refractivity contribution in [3.8, 4) is 0 Å². The molecule has 1 aromatic carbocycles. The van der Waals surface area contributed by atoms with E-state index in [9.17, 15) is 9.18 Å². The number of rotatable bonds is 1. The third kappa shape index (κ3) is 1.59. The number of nitrogens with zero attached hydrogens (tertiary/aromatic N) is 1. The average Bonchev–Trinajstić information content (AvgIpc) is 2.23. The first kappa shape index (κ1) is 10.0. The van der Waals surface area contributed by atoms with E-state index >= 15 is 0 Å². The van der Waals surface area contributed by atoms with Crippen LogP contribution >= 0.6 is 15.9 Å². The molecular formula is C10H5BrFNO2. The Balaban J connectivity index is 2.89. The maximum atomic E-state index is 13.1. The second kappa shape index (κ2) is 3.58. The number of aromatic carboxylic acids is 1. The van der Waals surface area contributed by atoms with E-state index in [0.29, 0.717) is 10.9 Å². The van der Waals surface area contributed by atoms with Gasteiger partial charge in [0.15, 0.2) is 0 Å². The van der Waals surface area contributed by atoms with Crippen molar-refractivity contribution >= 4 is 32.8 Å². The summed E-state index contributed by atoms with van der Waals surface area (Å²) in [4.78, 5) is 14.8. The summed E-state index contributed by atoms with van der Waals surface area (Å²) in [5, 5.41) is 9.32. The molecule has 0 bridgehead atoms. The summed E-state index contributed by atoms with van der Waals surface area (Å²) in [6, 6.07) is 4.00. The van der Waals surface area contributed by atoms with Crippen molar-refractivity contribution in [3.63, 3.8) is 0 Å². The van der Waals surface area contributed by atoms with Gasteiger partial charge in [-0.25, -0.2) is 9.18 Å². The molecule has 1 heterocycles. The lowest BCUT2D eigenvalue weighted by Gasteiger charge is -2.03. The van der Waals surface area contributed by atoms with E-state index in [1.807, 2.05) is 0 Å². The second-order valence-electron chi connectivity index (χ2n) is 2.92. The van der Waals surface area contributed by atoms with Gasteiger partial charge in [-0.2, -0.15) is 0 Å². The molecular weight excluding hydrogens is 265 g/mol. The predicted molar refractivity (Wildman–Crippen MR) is 56.4 cm³/mol. The number of pyridine rings is 1. The van der Waals surface area contributed by atoms with Crippen molar-refractivity contribution in [2.75, 3.05) is 0 Å². The van der Waals surface area contributed by atoms with E-state index < -0.39 is 11.8 Å². The highest BCUT2D eigenvalue weighted by Crippen LogP contribution is 2.26. The van der Waals surface area contributed by atoms with E-state index in [2.05, 4.69) is 20.9 Å². The minimum Gasteiger partial charge on any atom is -0.478 e. The van der Waals surface area contributed by atoms with E-state index in [1.54, 1.807) is 0 Å². The van der Waals surface area contributed by atoms with Gasteiger partial charge in [-0.05, 0) is 34.1 Å². The maximum absolute atomic E-state index is 13.1.